The molecule has 1 unspecified atom stereocenters. The van der Waals surface area contributed by atoms with Gasteiger partial charge in [0.05, 0.1) is 5.69 Å². The highest BCUT2D eigenvalue weighted by Gasteiger charge is 2.23. The van der Waals surface area contributed by atoms with Crippen molar-refractivity contribution < 1.29 is 9.32 Å². The van der Waals surface area contributed by atoms with Gasteiger partial charge in [-0.3, -0.25) is 14.4 Å². The molecule has 8 nitrogen and oxygen atoms in total. The highest BCUT2D eigenvalue weighted by Crippen LogP contribution is 2.17. The minimum atomic E-state index is -0.353. The van der Waals surface area contributed by atoms with Gasteiger partial charge < -0.3 is 9.84 Å². The zero-order valence-corrected chi connectivity index (χ0v) is 15.3. The average Bonchev–Trinajstić information content (AvgIpc) is 3.17. The van der Waals surface area contributed by atoms with Gasteiger partial charge in [0, 0.05) is 32.1 Å². The SMILES string of the molecule is CCc1noc(C(C)NC(=O)c2cc3n(n2)CCCN(C(C)C)C3)n1. The van der Waals surface area contributed by atoms with Crippen LogP contribution < -0.4 is 5.32 Å². The molecule has 0 aromatic carbocycles. The average molecular weight is 346 g/mol. The molecule has 2 aromatic rings. The second-order valence-corrected chi connectivity index (χ2v) is 6.76. The Morgan fingerprint density at radius 1 is 1.36 bits per heavy atom. The fourth-order valence-corrected chi connectivity index (χ4v) is 2.96. The maximum absolute atomic E-state index is 12.5. The van der Waals surface area contributed by atoms with E-state index in [1.165, 1.54) is 0 Å². The van der Waals surface area contributed by atoms with Gasteiger partial charge in [0.15, 0.2) is 11.5 Å². The van der Waals surface area contributed by atoms with E-state index in [-0.39, 0.29) is 11.9 Å². The zero-order chi connectivity index (χ0) is 18.0. The molecule has 0 bridgehead atoms. The summed E-state index contributed by atoms with van der Waals surface area (Å²) in [5.74, 6) is 0.830. The topological polar surface area (TPSA) is 89.1 Å². The van der Waals surface area contributed by atoms with Crippen LogP contribution in [0.3, 0.4) is 0 Å². The number of carbonyl (C=O) groups is 1. The van der Waals surface area contributed by atoms with E-state index in [1.807, 2.05) is 24.6 Å². The summed E-state index contributed by atoms with van der Waals surface area (Å²) >= 11 is 0. The van der Waals surface area contributed by atoms with Crippen LogP contribution in [0, 0.1) is 0 Å². The first-order valence-corrected chi connectivity index (χ1v) is 8.92. The van der Waals surface area contributed by atoms with Crippen LogP contribution in [0.1, 0.15) is 68.1 Å². The van der Waals surface area contributed by atoms with E-state index in [0.717, 1.165) is 31.7 Å². The first-order chi connectivity index (χ1) is 12.0. The fourth-order valence-electron chi connectivity index (χ4n) is 2.96. The van der Waals surface area contributed by atoms with E-state index < -0.39 is 0 Å². The maximum Gasteiger partial charge on any atom is 0.272 e. The van der Waals surface area contributed by atoms with E-state index in [1.54, 1.807) is 0 Å². The summed E-state index contributed by atoms with van der Waals surface area (Å²) in [6, 6.07) is 2.01. The quantitative estimate of drug-likeness (QED) is 0.890. The molecule has 3 heterocycles. The van der Waals surface area contributed by atoms with Gasteiger partial charge in [0.25, 0.3) is 5.91 Å². The first-order valence-electron chi connectivity index (χ1n) is 8.92. The highest BCUT2D eigenvalue weighted by molar-refractivity contribution is 5.92. The van der Waals surface area contributed by atoms with Crippen molar-refractivity contribution in [3.63, 3.8) is 0 Å². The number of rotatable bonds is 5. The normalized spacial score (nSPS) is 16.5. The highest BCUT2D eigenvalue weighted by atomic mass is 16.5. The first kappa shape index (κ1) is 17.6. The summed E-state index contributed by atoms with van der Waals surface area (Å²) in [5, 5.41) is 11.2. The number of aromatic nitrogens is 4. The minimum absolute atomic E-state index is 0.222. The lowest BCUT2D eigenvalue weighted by atomic mass is 10.2. The van der Waals surface area contributed by atoms with Crippen molar-refractivity contribution in [2.75, 3.05) is 6.54 Å². The second-order valence-electron chi connectivity index (χ2n) is 6.76. The third kappa shape index (κ3) is 3.89. The zero-order valence-electron chi connectivity index (χ0n) is 15.3. The molecule has 3 rings (SSSR count). The minimum Gasteiger partial charge on any atom is -0.339 e. The molecule has 1 atom stereocenters. The molecule has 1 aliphatic heterocycles. The van der Waals surface area contributed by atoms with Crippen molar-refractivity contribution >= 4 is 5.91 Å². The smallest absolute Gasteiger partial charge is 0.272 e. The van der Waals surface area contributed by atoms with Crippen molar-refractivity contribution in [2.45, 2.75) is 65.7 Å². The Kier molecular flexibility index (Phi) is 5.17. The molecule has 0 aliphatic carbocycles. The number of hydrogen-bond donors (Lipinski definition) is 1. The number of carbonyl (C=O) groups excluding carboxylic acids is 1. The summed E-state index contributed by atoms with van der Waals surface area (Å²) in [6.45, 7) is 10.9. The van der Waals surface area contributed by atoms with Crippen molar-refractivity contribution in [3.8, 4) is 0 Å². The van der Waals surface area contributed by atoms with Crippen LogP contribution in [0.15, 0.2) is 10.6 Å². The van der Waals surface area contributed by atoms with E-state index >= 15 is 0 Å². The summed E-state index contributed by atoms with van der Waals surface area (Å²) in [5.41, 5.74) is 1.51. The van der Waals surface area contributed by atoms with Gasteiger partial charge >= 0.3 is 0 Å². The van der Waals surface area contributed by atoms with Crippen LogP contribution in [0.4, 0.5) is 0 Å². The molecule has 1 N–H and O–H groups in total. The predicted molar refractivity (Wildman–Crippen MR) is 91.9 cm³/mol. The molecule has 1 amide bonds. The number of hydrogen-bond acceptors (Lipinski definition) is 6. The Labute approximate surface area is 147 Å². The van der Waals surface area contributed by atoms with Crippen LogP contribution in [-0.2, 0) is 19.5 Å². The lowest BCUT2D eigenvalue weighted by Gasteiger charge is -2.23. The Hall–Kier alpha value is -2.22. The summed E-state index contributed by atoms with van der Waals surface area (Å²) in [7, 11) is 0. The Bertz CT molecular complexity index is 735. The predicted octanol–water partition coefficient (Wildman–Crippen LogP) is 1.93. The molecular formula is C17H26N6O2. The van der Waals surface area contributed by atoms with E-state index in [9.17, 15) is 4.79 Å². The number of nitrogens with zero attached hydrogens (tertiary/aromatic N) is 5. The van der Waals surface area contributed by atoms with E-state index in [0.29, 0.717) is 29.9 Å². The summed E-state index contributed by atoms with van der Waals surface area (Å²) in [6.07, 6.45) is 1.73. The molecule has 0 fully saturated rings. The monoisotopic (exact) mass is 346 g/mol. The van der Waals surface area contributed by atoms with Crippen molar-refractivity contribution in [2.24, 2.45) is 0 Å². The van der Waals surface area contributed by atoms with E-state index in [4.69, 9.17) is 4.52 Å². The molecule has 2 aromatic heterocycles. The number of aryl methyl sites for hydroxylation is 2. The molecule has 0 spiro atoms. The molecule has 136 valence electrons. The standard InChI is InChI=1S/C17H26N6O2/c1-5-15-19-17(25-21-15)12(4)18-16(24)14-9-13-10-22(11(2)3)7-6-8-23(13)20-14/h9,11-12H,5-8,10H2,1-4H3,(H,18,24). The van der Waals surface area contributed by atoms with Crippen LogP contribution in [-0.4, -0.2) is 43.3 Å². The van der Waals surface area contributed by atoms with Crippen molar-refractivity contribution in [3.05, 3.63) is 29.2 Å². The molecule has 0 saturated heterocycles. The molecular weight excluding hydrogens is 320 g/mol. The number of fused-ring (bicyclic) bond motifs is 1. The van der Waals surface area contributed by atoms with Crippen LogP contribution in [0.25, 0.3) is 0 Å². The van der Waals surface area contributed by atoms with Crippen molar-refractivity contribution in [1.29, 1.82) is 0 Å². The Balaban J connectivity index is 1.70. The Morgan fingerprint density at radius 2 is 2.16 bits per heavy atom. The van der Waals surface area contributed by atoms with Gasteiger partial charge in [0.2, 0.25) is 5.89 Å². The van der Waals surface area contributed by atoms with Crippen molar-refractivity contribution in [1.82, 2.24) is 30.1 Å². The Morgan fingerprint density at radius 3 is 2.84 bits per heavy atom. The van der Waals surface area contributed by atoms with Crippen LogP contribution in [0.5, 0.6) is 0 Å². The summed E-state index contributed by atoms with van der Waals surface area (Å²) < 4.78 is 7.13. The van der Waals surface area contributed by atoms with E-state index in [2.05, 4.69) is 39.3 Å². The molecule has 0 radical (unpaired) electrons. The molecule has 8 heteroatoms. The van der Waals surface area contributed by atoms with Crippen LogP contribution >= 0.6 is 0 Å². The molecule has 0 saturated carbocycles. The fraction of sp³-hybridized carbons (Fsp3) is 0.647. The molecule has 25 heavy (non-hydrogen) atoms. The van der Waals surface area contributed by atoms with Gasteiger partial charge in [-0.1, -0.05) is 12.1 Å². The third-order valence-electron chi connectivity index (χ3n) is 4.52. The van der Waals surface area contributed by atoms with Gasteiger partial charge in [0.1, 0.15) is 6.04 Å². The van der Waals surface area contributed by atoms with Gasteiger partial charge in [-0.05, 0) is 33.3 Å². The third-order valence-corrected chi connectivity index (χ3v) is 4.52. The lowest BCUT2D eigenvalue weighted by Crippen LogP contribution is -2.30. The second kappa shape index (κ2) is 7.35. The van der Waals surface area contributed by atoms with Gasteiger partial charge in [-0.25, -0.2) is 0 Å². The summed E-state index contributed by atoms with van der Waals surface area (Å²) in [4.78, 5) is 19.2. The largest absolute Gasteiger partial charge is 0.339 e. The number of amides is 1. The van der Waals surface area contributed by atoms with Gasteiger partial charge in [-0.2, -0.15) is 10.1 Å². The van der Waals surface area contributed by atoms with Gasteiger partial charge in [-0.15, -0.1) is 0 Å². The lowest BCUT2D eigenvalue weighted by molar-refractivity contribution is 0.0926. The number of nitrogens with one attached hydrogen (secondary N) is 1. The molecule has 1 aliphatic rings. The van der Waals surface area contributed by atoms with Crippen LogP contribution in [0.2, 0.25) is 0 Å². The maximum atomic E-state index is 12.5.